The molecule has 0 spiro atoms. The molecule has 1 unspecified atom stereocenters. The van der Waals surface area contributed by atoms with Gasteiger partial charge in [0.2, 0.25) is 6.79 Å². The molecular formula is C16H31N2O8P. The first-order valence-corrected chi connectivity index (χ1v) is 10.2. The number of phosphoric acid groups is 1. The molecule has 11 heteroatoms. The fourth-order valence-electron chi connectivity index (χ4n) is 2.44. The van der Waals surface area contributed by atoms with Crippen molar-refractivity contribution in [1.82, 2.24) is 10.2 Å². The van der Waals surface area contributed by atoms with Crippen LogP contribution in [0.3, 0.4) is 0 Å². The summed E-state index contributed by atoms with van der Waals surface area (Å²) in [5.41, 5.74) is -1.60. The van der Waals surface area contributed by atoms with Crippen molar-refractivity contribution in [1.29, 1.82) is 0 Å². The topological polar surface area (TPSA) is 124 Å². The maximum atomic E-state index is 12.8. The Kier molecular flexibility index (Phi) is 8.10. The van der Waals surface area contributed by atoms with Crippen molar-refractivity contribution in [3.8, 4) is 0 Å². The van der Waals surface area contributed by atoms with Gasteiger partial charge in [0, 0.05) is 13.1 Å². The molecule has 1 saturated heterocycles. The van der Waals surface area contributed by atoms with Crippen LogP contribution >= 0.6 is 7.82 Å². The molecule has 27 heavy (non-hydrogen) atoms. The van der Waals surface area contributed by atoms with Gasteiger partial charge in [-0.25, -0.2) is 18.7 Å². The predicted octanol–water partition coefficient (Wildman–Crippen LogP) is 3.57. The molecule has 10 nitrogen and oxygen atoms in total. The van der Waals surface area contributed by atoms with Gasteiger partial charge in [-0.1, -0.05) is 0 Å². The van der Waals surface area contributed by atoms with E-state index in [1.54, 1.807) is 41.5 Å². The molecule has 0 aromatic rings. The van der Waals surface area contributed by atoms with Gasteiger partial charge in [-0.2, -0.15) is 0 Å². The number of phosphoric ester groups is 1. The minimum atomic E-state index is -3.97. The average Bonchev–Trinajstić information content (AvgIpc) is 2.89. The lowest BCUT2D eigenvalue weighted by Crippen LogP contribution is -2.42. The molecule has 1 aliphatic heterocycles. The normalized spacial score (nSPS) is 18.4. The fourth-order valence-corrected chi connectivity index (χ4v) is 4.10. The van der Waals surface area contributed by atoms with Crippen LogP contribution < -0.4 is 5.32 Å². The van der Waals surface area contributed by atoms with E-state index in [9.17, 15) is 14.2 Å². The molecule has 1 atom stereocenters. The summed E-state index contributed by atoms with van der Waals surface area (Å²) >= 11 is 0. The second-order valence-corrected chi connectivity index (χ2v) is 9.70. The van der Waals surface area contributed by atoms with Gasteiger partial charge in [0.15, 0.2) is 0 Å². The van der Waals surface area contributed by atoms with Crippen molar-refractivity contribution >= 4 is 20.0 Å². The summed E-state index contributed by atoms with van der Waals surface area (Å²) in [5.74, 6) is 0. The molecule has 0 aliphatic carbocycles. The van der Waals surface area contributed by atoms with Crippen LogP contribution in [0, 0.1) is 0 Å². The lowest BCUT2D eigenvalue weighted by Gasteiger charge is -2.30. The number of hydrogen-bond donors (Lipinski definition) is 2. The molecule has 0 aromatic heterocycles. The summed E-state index contributed by atoms with van der Waals surface area (Å²) in [7, 11) is -3.97. The van der Waals surface area contributed by atoms with Crippen molar-refractivity contribution in [2.45, 2.75) is 71.6 Å². The van der Waals surface area contributed by atoms with Crippen molar-refractivity contribution in [3.63, 3.8) is 0 Å². The second kappa shape index (κ2) is 9.23. The first-order chi connectivity index (χ1) is 12.2. The summed E-state index contributed by atoms with van der Waals surface area (Å²) < 4.78 is 33.5. The van der Waals surface area contributed by atoms with E-state index < -0.39 is 38.0 Å². The van der Waals surface area contributed by atoms with E-state index in [4.69, 9.17) is 23.4 Å². The zero-order valence-corrected chi connectivity index (χ0v) is 17.7. The molecular weight excluding hydrogens is 379 g/mol. The Hall–Kier alpha value is -1.35. The van der Waals surface area contributed by atoms with E-state index in [1.165, 1.54) is 4.90 Å². The zero-order chi connectivity index (χ0) is 20.9. The maximum absolute atomic E-state index is 12.8. The van der Waals surface area contributed by atoms with Crippen molar-refractivity contribution in [3.05, 3.63) is 0 Å². The molecule has 1 heterocycles. The van der Waals surface area contributed by atoms with Crippen LogP contribution in [0.5, 0.6) is 0 Å². The van der Waals surface area contributed by atoms with Gasteiger partial charge in [-0.15, -0.1) is 0 Å². The average molecular weight is 410 g/mol. The first-order valence-electron chi connectivity index (χ1n) is 8.77. The number of carbonyl (C=O) groups excluding carboxylic acids is 1. The Labute approximate surface area is 160 Å². The fraction of sp³-hybridized carbons (Fsp3) is 0.875. The number of hydrogen-bond acceptors (Lipinski definition) is 7. The van der Waals surface area contributed by atoms with Crippen LogP contribution in [0.2, 0.25) is 0 Å². The van der Waals surface area contributed by atoms with Gasteiger partial charge in [0.05, 0.1) is 17.2 Å². The number of amides is 2. The minimum absolute atomic E-state index is 0.125. The van der Waals surface area contributed by atoms with E-state index in [2.05, 4.69) is 5.32 Å². The summed E-state index contributed by atoms with van der Waals surface area (Å²) in [5, 5.41) is 11.5. The Morgan fingerprint density at radius 2 is 1.70 bits per heavy atom. The van der Waals surface area contributed by atoms with Crippen molar-refractivity contribution in [2.75, 3.05) is 19.9 Å². The number of alkyl carbamates (subject to hydrolysis) is 1. The van der Waals surface area contributed by atoms with Gasteiger partial charge in [0.25, 0.3) is 0 Å². The van der Waals surface area contributed by atoms with Crippen LogP contribution in [0.4, 0.5) is 9.59 Å². The highest BCUT2D eigenvalue weighted by atomic mass is 31.2. The lowest BCUT2D eigenvalue weighted by atomic mass is 10.2. The molecule has 0 aromatic carbocycles. The first kappa shape index (κ1) is 23.7. The lowest BCUT2D eigenvalue weighted by molar-refractivity contribution is -0.0287. The van der Waals surface area contributed by atoms with E-state index >= 15 is 0 Å². The van der Waals surface area contributed by atoms with E-state index in [1.807, 2.05) is 0 Å². The monoisotopic (exact) mass is 410 g/mol. The third kappa shape index (κ3) is 9.41. The molecule has 2 amide bonds. The van der Waals surface area contributed by atoms with Gasteiger partial charge < -0.3 is 20.1 Å². The zero-order valence-electron chi connectivity index (χ0n) is 16.8. The maximum Gasteiger partial charge on any atom is 0.478 e. The largest absolute Gasteiger partial charge is 0.478 e. The summed E-state index contributed by atoms with van der Waals surface area (Å²) in [6.07, 6.45) is -0.424. The SMILES string of the molecule is CC(C)(C)OP(=O)(OCOC(=O)NCC1CCCN1C(=O)O)OC(C)(C)C. The molecule has 0 radical (unpaired) electrons. The smallest absolute Gasteiger partial charge is 0.465 e. The van der Waals surface area contributed by atoms with Gasteiger partial charge >= 0.3 is 20.0 Å². The Morgan fingerprint density at radius 1 is 1.15 bits per heavy atom. The molecule has 0 bridgehead atoms. The van der Waals surface area contributed by atoms with Gasteiger partial charge in [0.1, 0.15) is 0 Å². The molecule has 1 aliphatic rings. The number of carboxylic acid groups (broad SMARTS) is 1. The Morgan fingerprint density at radius 3 is 2.19 bits per heavy atom. The molecule has 158 valence electrons. The Balaban J connectivity index is 2.48. The summed E-state index contributed by atoms with van der Waals surface area (Å²) in [4.78, 5) is 24.1. The van der Waals surface area contributed by atoms with E-state index in [0.717, 1.165) is 6.42 Å². The van der Waals surface area contributed by atoms with Crippen molar-refractivity contribution in [2.24, 2.45) is 0 Å². The van der Waals surface area contributed by atoms with Gasteiger partial charge in [-0.3, -0.25) is 9.05 Å². The number of carbonyl (C=O) groups is 2. The van der Waals surface area contributed by atoms with Crippen LogP contribution in [0.1, 0.15) is 54.4 Å². The summed E-state index contributed by atoms with van der Waals surface area (Å²) in [6.45, 7) is 10.1. The number of rotatable bonds is 7. The number of ether oxygens (including phenoxy) is 1. The van der Waals surface area contributed by atoms with Crippen molar-refractivity contribution < 1.29 is 37.6 Å². The Bertz CT molecular complexity index is 550. The van der Waals surface area contributed by atoms with Crippen LogP contribution in [-0.2, 0) is 22.9 Å². The quantitative estimate of drug-likeness (QED) is 0.482. The molecule has 0 saturated carbocycles. The highest BCUT2D eigenvalue weighted by Crippen LogP contribution is 2.55. The number of nitrogens with one attached hydrogen (secondary N) is 1. The number of likely N-dealkylation sites (tertiary alicyclic amines) is 1. The van der Waals surface area contributed by atoms with Gasteiger partial charge in [-0.05, 0) is 54.4 Å². The van der Waals surface area contributed by atoms with E-state index in [-0.39, 0.29) is 12.6 Å². The third-order valence-corrected chi connectivity index (χ3v) is 5.24. The molecule has 1 rings (SSSR count). The van der Waals surface area contributed by atoms with Crippen LogP contribution in [-0.4, -0.2) is 59.3 Å². The third-order valence-electron chi connectivity index (χ3n) is 3.28. The molecule has 1 fully saturated rings. The number of nitrogens with zero attached hydrogens (tertiary/aromatic N) is 1. The van der Waals surface area contributed by atoms with Crippen LogP contribution in [0.25, 0.3) is 0 Å². The van der Waals surface area contributed by atoms with E-state index in [0.29, 0.717) is 13.0 Å². The predicted molar refractivity (Wildman–Crippen MR) is 97.5 cm³/mol. The second-order valence-electron chi connectivity index (χ2n) is 8.19. The highest BCUT2D eigenvalue weighted by Gasteiger charge is 2.37. The summed E-state index contributed by atoms with van der Waals surface area (Å²) in [6, 6.07) is -0.296. The highest BCUT2D eigenvalue weighted by molar-refractivity contribution is 7.48. The standard InChI is InChI=1S/C16H31N2O8P/c1-15(2,3)25-27(22,26-16(4,5)6)24-11-23-13(19)17-10-12-8-7-9-18(12)14(20)21/h12H,7-11H2,1-6H3,(H,17,19)(H,20,21). The molecule has 2 N–H and O–H groups in total. The minimum Gasteiger partial charge on any atom is -0.465 e. The van der Waals surface area contributed by atoms with Crippen LogP contribution in [0.15, 0.2) is 0 Å².